The Morgan fingerprint density at radius 2 is 1.48 bits per heavy atom. The van der Waals surface area contributed by atoms with Crippen molar-refractivity contribution in [1.82, 2.24) is 36.5 Å². The molecule has 5 atom stereocenters. The number of amides is 7. The topological polar surface area (TPSA) is 276 Å². The van der Waals surface area contributed by atoms with E-state index in [1.807, 2.05) is 0 Å². The summed E-state index contributed by atoms with van der Waals surface area (Å²) < 4.78 is 0. The molecule has 0 spiro atoms. The average molecular weight is 837 g/mol. The Morgan fingerprint density at radius 3 is 2.05 bits per heavy atom. The van der Waals surface area contributed by atoms with Crippen LogP contribution in [-0.4, -0.2) is 112 Å². The summed E-state index contributed by atoms with van der Waals surface area (Å²) in [5.74, 6) is -7.02. The number of Topliss-reactive ketones (excluding diaryl/α,β-unsaturated/α-hetero) is 1. The van der Waals surface area contributed by atoms with Crippen LogP contribution in [0.25, 0.3) is 0 Å². The second-order valence-electron chi connectivity index (χ2n) is 17.0. The quantitative estimate of drug-likeness (QED) is 0.110. The molecule has 0 bridgehead atoms. The molecule has 328 valence electrons. The zero-order chi connectivity index (χ0) is 44.1. The fraction of sp³-hybridized carbons (Fsp3) is 0.619. The average Bonchev–Trinajstić information content (AvgIpc) is 3.63. The number of nitrogens with two attached hydrogens (primary N) is 1. The molecule has 18 nitrogen and oxygen atoms in total. The fourth-order valence-electron chi connectivity index (χ4n) is 8.26. The number of aromatic nitrogens is 1. The number of hydrogen-bond donors (Lipinski definition) is 7. The van der Waals surface area contributed by atoms with Crippen molar-refractivity contribution in [3.8, 4) is 0 Å². The number of aromatic carboxylic acids is 1. The van der Waals surface area contributed by atoms with Gasteiger partial charge in [0.25, 0.3) is 5.91 Å². The van der Waals surface area contributed by atoms with Crippen molar-refractivity contribution in [1.29, 1.82) is 0 Å². The van der Waals surface area contributed by atoms with Crippen LogP contribution in [0.15, 0.2) is 30.6 Å². The van der Waals surface area contributed by atoms with Gasteiger partial charge in [0.1, 0.15) is 30.2 Å². The Hall–Kier alpha value is -5.68. The Morgan fingerprint density at radius 1 is 0.867 bits per heavy atom. The second-order valence-corrected chi connectivity index (χ2v) is 17.0. The van der Waals surface area contributed by atoms with Gasteiger partial charge in [0.05, 0.1) is 17.7 Å². The van der Waals surface area contributed by atoms with Gasteiger partial charge in [-0.25, -0.2) is 4.79 Å². The minimum Gasteiger partial charge on any atom is -0.478 e. The van der Waals surface area contributed by atoms with E-state index in [4.69, 9.17) is 5.73 Å². The number of carbonyl (C=O) groups is 9. The van der Waals surface area contributed by atoms with Crippen LogP contribution in [0.3, 0.4) is 0 Å². The molecule has 1 saturated heterocycles. The third kappa shape index (κ3) is 12.7. The SMILES string of the molecule is CNC(=O)/C=C/CC[C@H](NC(=O)c1ccncc1C(=O)O)C(=O)N[C@H](C(=O)N1CC(=O)C[C@H]1C(=O)N[C@H](C(=O)N[C@H](C(N)=O)C1CCCCC1)C1CCCCC1)C(C)(C)C. The maximum atomic E-state index is 14.5. The molecule has 0 aromatic carbocycles. The number of likely N-dealkylation sites (tertiary alicyclic amines) is 1. The highest BCUT2D eigenvalue weighted by molar-refractivity contribution is 6.06. The van der Waals surface area contributed by atoms with E-state index in [0.717, 1.165) is 62.5 Å². The minimum absolute atomic E-state index is 0.0706. The Bertz CT molecular complexity index is 1810. The van der Waals surface area contributed by atoms with Crippen molar-refractivity contribution < 1.29 is 48.3 Å². The highest BCUT2D eigenvalue weighted by Gasteiger charge is 2.46. The van der Waals surface area contributed by atoms with Crippen molar-refractivity contribution in [3.05, 3.63) is 41.7 Å². The molecule has 1 aromatic rings. The number of nitrogens with one attached hydrogen (secondary N) is 5. The normalized spacial score (nSPS) is 19.7. The molecule has 2 saturated carbocycles. The van der Waals surface area contributed by atoms with E-state index in [0.29, 0.717) is 12.8 Å². The van der Waals surface area contributed by atoms with Gasteiger partial charge in [-0.15, -0.1) is 0 Å². The predicted molar refractivity (Wildman–Crippen MR) is 218 cm³/mol. The van der Waals surface area contributed by atoms with E-state index in [1.54, 1.807) is 20.8 Å². The fourth-order valence-corrected chi connectivity index (χ4v) is 8.26. The summed E-state index contributed by atoms with van der Waals surface area (Å²) in [6.45, 7) is 4.58. The Labute approximate surface area is 350 Å². The van der Waals surface area contributed by atoms with Gasteiger partial charge < -0.3 is 42.3 Å². The molecule has 18 heteroatoms. The van der Waals surface area contributed by atoms with E-state index >= 15 is 0 Å². The van der Waals surface area contributed by atoms with Crippen LogP contribution in [0, 0.1) is 17.3 Å². The number of primary amides is 1. The van der Waals surface area contributed by atoms with Crippen molar-refractivity contribution in [2.24, 2.45) is 23.0 Å². The van der Waals surface area contributed by atoms with Crippen LogP contribution >= 0.6 is 0 Å². The first-order chi connectivity index (χ1) is 28.4. The lowest BCUT2D eigenvalue weighted by molar-refractivity contribution is -0.145. The summed E-state index contributed by atoms with van der Waals surface area (Å²) in [6.07, 6.45) is 12.9. The Balaban J connectivity index is 1.57. The minimum atomic E-state index is -1.42. The number of pyridine rings is 1. The maximum Gasteiger partial charge on any atom is 0.338 e. The van der Waals surface area contributed by atoms with Crippen LogP contribution in [0.2, 0.25) is 0 Å². The van der Waals surface area contributed by atoms with Gasteiger partial charge in [0.2, 0.25) is 35.4 Å². The van der Waals surface area contributed by atoms with E-state index in [9.17, 15) is 48.3 Å². The van der Waals surface area contributed by atoms with Crippen LogP contribution in [0.1, 0.15) is 125 Å². The van der Waals surface area contributed by atoms with Crippen molar-refractivity contribution in [2.45, 2.75) is 134 Å². The number of carboxylic acid groups (broad SMARTS) is 1. The summed E-state index contributed by atoms with van der Waals surface area (Å²) >= 11 is 0. The van der Waals surface area contributed by atoms with Gasteiger partial charge in [0.15, 0.2) is 5.78 Å². The van der Waals surface area contributed by atoms with E-state index in [1.165, 1.54) is 31.5 Å². The van der Waals surface area contributed by atoms with Crippen LogP contribution in [-0.2, 0) is 33.6 Å². The lowest BCUT2D eigenvalue weighted by atomic mass is 9.81. The zero-order valence-electron chi connectivity index (χ0n) is 34.9. The van der Waals surface area contributed by atoms with Crippen molar-refractivity contribution >= 4 is 53.1 Å². The lowest BCUT2D eigenvalue weighted by Gasteiger charge is -2.37. The van der Waals surface area contributed by atoms with Crippen molar-refractivity contribution in [2.75, 3.05) is 13.6 Å². The summed E-state index contributed by atoms with van der Waals surface area (Å²) in [6, 6.07) is -4.78. The third-order valence-electron chi connectivity index (χ3n) is 11.6. The molecule has 1 aliphatic heterocycles. The molecule has 3 aliphatic rings. The molecular formula is C42H60N8O10. The molecule has 3 fully saturated rings. The van der Waals surface area contributed by atoms with Gasteiger partial charge in [-0.3, -0.25) is 43.3 Å². The number of likely N-dealkylation sites (N-methyl/N-ethyl adjacent to an activating group) is 1. The first kappa shape index (κ1) is 47.0. The van der Waals surface area contributed by atoms with Gasteiger partial charge >= 0.3 is 5.97 Å². The summed E-state index contributed by atoms with van der Waals surface area (Å²) in [4.78, 5) is 124. The molecule has 60 heavy (non-hydrogen) atoms. The first-order valence-electron chi connectivity index (χ1n) is 20.8. The molecule has 7 amide bonds. The first-order valence-corrected chi connectivity index (χ1v) is 20.8. The molecule has 4 rings (SSSR count). The molecule has 2 aliphatic carbocycles. The standard InChI is InChI=1S/C42H60N8O10/c1-42(2,3)34(49-37(55)29(17-11-12-18-31(52)44-4)46-36(54)27-19-20-45-22-28(27)41(59)60)40(58)50-23-26(51)21-30(50)38(56)48-33(25-15-9-6-10-16-25)39(57)47-32(35(43)53)24-13-7-5-8-14-24/h12,18-20,22,24-25,29-30,32-34H,5-11,13-17,21,23H2,1-4H3,(H2,43,53)(H,44,52)(H,46,54)(H,47,57)(H,48,56)(H,49,55)(H,59,60)/b18-12+/t29-,30-,32-,33-,34+/m0/s1. The summed E-state index contributed by atoms with van der Waals surface area (Å²) in [7, 11) is 1.44. The summed E-state index contributed by atoms with van der Waals surface area (Å²) in [5, 5.41) is 23.0. The second kappa shape index (κ2) is 21.5. The number of nitrogens with zero attached hydrogens (tertiary/aromatic N) is 2. The molecular weight excluding hydrogens is 777 g/mol. The number of hydrogen-bond acceptors (Lipinski definition) is 10. The van der Waals surface area contributed by atoms with Crippen molar-refractivity contribution in [3.63, 3.8) is 0 Å². The lowest BCUT2D eigenvalue weighted by Crippen LogP contribution is -2.62. The highest BCUT2D eigenvalue weighted by Crippen LogP contribution is 2.30. The molecule has 2 heterocycles. The van der Waals surface area contributed by atoms with Gasteiger partial charge in [0, 0.05) is 25.9 Å². The number of ketones is 1. The number of rotatable bonds is 17. The number of carbonyl (C=O) groups excluding carboxylic acids is 8. The van der Waals surface area contributed by atoms with E-state index < -0.39 is 101 Å². The predicted octanol–water partition coefficient (Wildman–Crippen LogP) is 1.28. The summed E-state index contributed by atoms with van der Waals surface area (Å²) in [5.41, 5.74) is 4.10. The zero-order valence-corrected chi connectivity index (χ0v) is 34.9. The maximum absolute atomic E-state index is 14.5. The third-order valence-corrected chi connectivity index (χ3v) is 11.6. The van der Waals surface area contributed by atoms with Gasteiger partial charge in [-0.2, -0.15) is 0 Å². The van der Waals surface area contributed by atoms with Gasteiger partial charge in [-0.1, -0.05) is 65.4 Å². The van der Waals surface area contributed by atoms with Crippen LogP contribution in [0.5, 0.6) is 0 Å². The molecule has 8 N–H and O–H groups in total. The monoisotopic (exact) mass is 836 g/mol. The Kier molecular flexibility index (Phi) is 16.9. The van der Waals surface area contributed by atoms with E-state index in [-0.39, 0.29) is 36.7 Å². The number of carboxylic acids is 1. The molecule has 0 unspecified atom stereocenters. The number of allylic oxidation sites excluding steroid dienone is 1. The van der Waals surface area contributed by atoms with Gasteiger partial charge in [-0.05, 0) is 67.9 Å². The van der Waals surface area contributed by atoms with E-state index in [2.05, 4.69) is 31.6 Å². The molecule has 0 radical (unpaired) electrons. The molecule has 1 aromatic heterocycles. The van der Waals surface area contributed by atoms with Crippen LogP contribution < -0.4 is 32.3 Å². The smallest absolute Gasteiger partial charge is 0.338 e. The van der Waals surface area contributed by atoms with Crippen LogP contribution in [0.4, 0.5) is 0 Å². The highest BCUT2D eigenvalue weighted by atomic mass is 16.4. The largest absolute Gasteiger partial charge is 0.478 e.